The molecule has 5 heterocycles. The summed E-state index contributed by atoms with van der Waals surface area (Å²) in [6.07, 6.45) is 6.83. The van der Waals surface area contributed by atoms with Crippen molar-refractivity contribution >= 4 is 66.7 Å². The van der Waals surface area contributed by atoms with Crippen molar-refractivity contribution in [3.8, 4) is 5.75 Å². The number of nitrogens with one attached hydrogen (secondary N) is 3. The Balaban J connectivity index is 1.11. The lowest BCUT2D eigenvalue weighted by molar-refractivity contribution is 0.100. The number of aromatic nitrogens is 2. The summed E-state index contributed by atoms with van der Waals surface area (Å²) >= 11 is 1.29. The van der Waals surface area contributed by atoms with E-state index < -0.39 is 15.9 Å². The number of sulfonamides is 1. The predicted octanol–water partition coefficient (Wildman–Crippen LogP) is 3.77. The van der Waals surface area contributed by atoms with Crippen molar-refractivity contribution in [2.24, 2.45) is 5.73 Å². The summed E-state index contributed by atoms with van der Waals surface area (Å²) in [4.78, 5) is 24.8. The van der Waals surface area contributed by atoms with Crippen LogP contribution in [0, 0.1) is 0 Å². The number of H-pyrrole nitrogens is 1. The summed E-state index contributed by atoms with van der Waals surface area (Å²) in [7, 11) is -1.45. The van der Waals surface area contributed by atoms with Gasteiger partial charge >= 0.3 is 0 Å². The Morgan fingerprint density at radius 1 is 1.02 bits per heavy atom. The third kappa shape index (κ3) is 6.27. The van der Waals surface area contributed by atoms with Crippen LogP contribution < -0.4 is 26.0 Å². The summed E-state index contributed by atoms with van der Waals surface area (Å²) in [6.45, 7) is 4.57. The minimum absolute atomic E-state index is 0.465. The topological polar surface area (TPSA) is 149 Å². The first kappa shape index (κ1) is 29.2. The molecule has 4 aromatic rings. The first-order valence-corrected chi connectivity index (χ1v) is 16.9. The van der Waals surface area contributed by atoms with E-state index in [0.29, 0.717) is 29.7 Å². The number of methoxy groups -OCH3 is 1. The number of piperidine rings is 1. The molecule has 0 radical (unpaired) electrons. The number of pyridine rings is 1. The van der Waals surface area contributed by atoms with E-state index in [2.05, 4.69) is 42.5 Å². The van der Waals surface area contributed by atoms with Crippen molar-refractivity contribution in [2.45, 2.75) is 18.9 Å². The molecule has 2 aliphatic rings. The van der Waals surface area contributed by atoms with Crippen LogP contribution in [-0.4, -0.2) is 92.2 Å². The number of carbonyl (C=O) groups excluding carboxylic acids is 1. The van der Waals surface area contributed by atoms with Crippen molar-refractivity contribution < 1.29 is 17.9 Å². The van der Waals surface area contributed by atoms with Gasteiger partial charge in [0, 0.05) is 62.5 Å². The third-order valence-electron chi connectivity index (χ3n) is 8.25. The molecule has 0 atom stereocenters. The van der Waals surface area contributed by atoms with Crippen molar-refractivity contribution in [1.29, 1.82) is 0 Å². The summed E-state index contributed by atoms with van der Waals surface area (Å²) in [5.74, 6) is 1.03. The number of rotatable bonds is 9. The average molecular weight is 625 g/mol. The molecule has 0 saturated carbocycles. The number of nitrogens with two attached hydrogens (primary N) is 1. The number of piperazine rings is 1. The Morgan fingerprint density at radius 2 is 1.79 bits per heavy atom. The highest BCUT2D eigenvalue weighted by Gasteiger charge is 2.30. The highest BCUT2D eigenvalue weighted by atomic mass is 32.2. The third-order valence-corrected chi connectivity index (χ3v) is 10.5. The SMILES string of the molecule is COc1cc(N2CCC(N3CCN(S(C)(=O)=O)CC3)CC2)ccc1Nc1cc2c(Nc3ccsc3C(N)=O)cncc2[nH]1. The van der Waals surface area contributed by atoms with Gasteiger partial charge < -0.3 is 31.0 Å². The van der Waals surface area contributed by atoms with Crippen LogP contribution in [0.3, 0.4) is 0 Å². The van der Waals surface area contributed by atoms with Gasteiger partial charge in [-0.25, -0.2) is 8.42 Å². The molecule has 6 rings (SSSR count). The number of ether oxygens (including phenoxy) is 1. The van der Waals surface area contributed by atoms with Crippen LogP contribution in [0.5, 0.6) is 5.75 Å². The van der Waals surface area contributed by atoms with Crippen molar-refractivity contribution in [3.05, 3.63) is 53.0 Å². The number of hydrogen-bond donors (Lipinski definition) is 4. The highest BCUT2D eigenvalue weighted by molar-refractivity contribution is 7.88. The molecule has 0 bridgehead atoms. The van der Waals surface area contributed by atoms with E-state index in [1.165, 1.54) is 17.6 Å². The monoisotopic (exact) mass is 624 g/mol. The fraction of sp³-hybridized carbons (Fsp3) is 0.379. The first-order valence-electron chi connectivity index (χ1n) is 14.2. The number of aromatic amines is 1. The van der Waals surface area contributed by atoms with Gasteiger partial charge in [-0.2, -0.15) is 4.31 Å². The number of primary amides is 1. The first-order chi connectivity index (χ1) is 20.7. The second kappa shape index (κ2) is 12.0. The molecular weight excluding hydrogens is 589 g/mol. The second-order valence-electron chi connectivity index (χ2n) is 10.9. The zero-order valence-electron chi connectivity index (χ0n) is 24.2. The lowest BCUT2D eigenvalue weighted by Gasteiger charge is -2.42. The van der Waals surface area contributed by atoms with Crippen molar-refractivity contribution in [3.63, 3.8) is 0 Å². The van der Waals surface area contributed by atoms with Crippen LogP contribution in [0.1, 0.15) is 22.5 Å². The van der Waals surface area contributed by atoms with Gasteiger partial charge in [0.1, 0.15) is 16.4 Å². The van der Waals surface area contributed by atoms with Crippen molar-refractivity contribution in [2.75, 3.05) is 68.2 Å². The summed E-state index contributed by atoms with van der Waals surface area (Å²) in [5, 5.41) is 9.47. The van der Waals surface area contributed by atoms with Crippen LogP contribution in [0.15, 0.2) is 48.1 Å². The van der Waals surface area contributed by atoms with Gasteiger partial charge in [-0.05, 0) is 42.5 Å². The van der Waals surface area contributed by atoms with Crippen molar-refractivity contribution in [1.82, 2.24) is 19.2 Å². The molecular formula is C29H36N8O4S2. The maximum absolute atomic E-state index is 11.9. The predicted molar refractivity (Wildman–Crippen MR) is 172 cm³/mol. The Morgan fingerprint density at radius 3 is 2.49 bits per heavy atom. The normalized spacial score (nSPS) is 17.3. The Bertz CT molecular complexity index is 1720. The van der Waals surface area contributed by atoms with Crippen LogP contribution in [0.25, 0.3) is 10.9 Å². The van der Waals surface area contributed by atoms with Crippen LogP contribution >= 0.6 is 11.3 Å². The van der Waals surface area contributed by atoms with E-state index in [0.717, 1.165) is 78.6 Å². The lowest BCUT2D eigenvalue weighted by atomic mass is 10.0. The number of amides is 1. The maximum atomic E-state index is 11.9. The van der Waals surface area contributed by atoms with Crippen LogP contribution in [0.2, 0.25) is 0 Å². The zero-order chi connectivity index (χ0) is 30.1. The molecule has 0 aliphatic carbocycles. The number of thiophene rings is 1. The molecule has 1 amide bonds. The maximum Gasteiger partial charge on any atom is 0.260 e. The molecule has 5 N–H and O–H groups in total. The van der Waals surface area contributed by atoms with Gasteiger partial charge in [-0.3, -0.25) is 14.7 Å². The largest absolute Gasteiger partial charge is 0.494 e. The molecule has 14 heteroatoms. The Labute approximate surface area is 254 Å². The summed E-state index contributed by atoms with van der Waals surface area (Å²) in [5.41, 5.74) is 9.69. The van der Waals surface area contributed by atoms with E-state index in [9.17, 15) is 13.2 Å². The van der Waals surface area contributed by atoms with E-state index >= 15 is 0 Å². The fourth-order valence-electron chi connectivity index (χ4n) is 5.98. The molecule has 2 aliphatic heterocycles. The van der Waals surface area contributed by atoms with Crippen LogP contribution in [-0.2, 0) is 10.0 Å². The molecule has 3 aromatic heterocycles. The highest BCUT2D eigenvalue weighted by Crippen LogP contribution is 2.36. The Kier molecular flexibility index (Phi) is 8.18. The molecule has 0 unspecified atom stereocenters. The Hall–Kier alpha value is -3.85. The number of hydrogen-bond acceptors (Lipinski definition) is 10. The lowest BCUT2D eigenvalue weighted by Crippen LogP contribution is -2.54. The van der Waals surface area contributed by atoms with Gasteiger partial charge in [0.2, 0.25) is 10.0 Å². The number of carbonyl (C=O) groups is 1. The average Bonchev–Trinajstić information content (AvgIpc) is 3.64. The van der Waals surface area contributed by atoms with Gasteiger partial charge in [0.25, 0.3) is 5.91 Å². The molecule has 228 valence electrons. The molecule has 2 saturated heterocycles. The quantitative estimate of drug-likeness (QED) is 0.218. The zero-order valence-corrected chi connectivity index (χ0v) is 25.8. The van der Waals surface area contributed by atoms with Crippen LogP contribution in [0.4, 0.5) is 28.6 Å². The second-order valence-corrected chi connectivity index (χ2v) is 13.8. The number of benzene rings is 1. The van der Waals surface area contributed by atoms with E-state index in [1.807, 2.05) is 23.6 Å². The van der Waals surface area contributed by atoms with E-state index in [4.69, 9.17) is 10.5 Å². The standard InChI is InChI=1S/C29H36N8O4S2/c1-41-26-15-20(35-8-5-19(6-9-35)36-10-12-37(13-11-36)43(2,39)40)3-4-22(26)33-27-16-21-24(17-31-18-25(21)34-27)32-23-7-14-42-28(23)29(30)38/h3-4,7,14-19,32-34H,5-6,8-13H2,1-2H3,(H2,30,38). The molecule has 0 spiro atoms. The number of anilines is 5. The van der Waals surface area contributed by atoms with E-state index in [-0.39, 0.29) is 0 Å². The smallest absolute Gasteiger partial charge is 0.260 e. The molecule has 2 fully saturated rings. The summed E-state index contributed by atoms with van der Waals surface area (Å²) < 4.78 is 31.1. The molecule has 1 aromatic carbocycles. The molecule has 43 heavy (non-hydrogen) atoms. The number of nitrogens with zero attached hydrogens (tertiary/aromatic N) is 4. The van der Waals surface area contributed by atoms with Gasteiger partial charge in [-0.1, -0.05) is 0 Å². The molecule has 12 nitrogen and oxygen atoms in total. The minimum atomic E-state index is -3.12. The van der Waals surface area contributed by atoms with Gasteiger partial charge in [-0.15, -0.1) is 11.3 Å². The number of fused-ring (bicyclic) bond motifs is 1. The van der Waals surface area contributed by atoms with Gasteiger partial charge in [0.05, 0.1) is 48.3 Å². The van der Waals surface area contributed by atoms with Gasteiger partial charge in [0.15, 0.2) is 0 Å². The fourth-order valence-corrected chi connectivity index (χ4v) is 7.51. The summed E-state index contributed by atoms with van der Waals surface area (Å²) in [6, 6.07) is 10.5. The van der Waals surface area contributed by atoms with E-state index in [1.54, 1.807) is 23.8 Å². The minimum Gasteiger partial charge on any atom is -0.494 e.